The van der Waals surface area contributed by atoms with Crippen LogP contribution in [0.3, 0.4) is 0 Å². The third kappa shape index (κ3) is 4.56. The van der Waals surface area contributed by atoms with Crippen LogP contribution in [0.1, 0.15) is 61.3 Å². The van der Waals surface area contributed by atoms with Crippen LogP contribution >= 0.6 is 0 Å². The second kappa shape index (κ2) is 8.30. The molecule has 0 unspecified atom stereocenters. The van der Waals surface area contributed by atoms with E-state index in [1.807, 2.05) is 41.9 Å². The molecule has 0 radical (unpaired) electrons. The number of fused-ring (bicyclic) bond motifs is 1. The number of nitrogens with one attached hydrogen (secondary N) is 1. The van der Waals surface area contributed by atoms with Crippen LogP contribution in [-0.2, 0) is 10.3 Å². The Morgan fingerprint density at radius 2 is 1.90 bits per heavy atom. The summed E-state index contributed by atoms with van der Waals surface area (Å²) in [6, 6.07) is 9.30. The summed E-state index contributed by atoms with van der Waals surface area (Å²) in [6.45, 7) is 9.24. The molecule has 7 nitrogen and oxygen atoms in total. The van der Waals surface area contributed by atoms with Gasteiger partial charge in [-0.05, 0) is 70.9 Å². The minimum absolute atomic E-state index is 0.154. The first-order valence-electron chi connectivity index (χ1n) is 10.7. The Bertz CT molecular complexity index is 1090. The molecule has 1 aliphatic carbocycles. The normalized spacial score (nSPS) is 14.1. The van der Waals surface area contributed by atoms with E-state index < -0.39 is 0 Å². The molecule has 1 N–H and O–H groups in total. The Hall–Kier alpha value is -2.93. The summed E-state index contributed by atoms with van der Waals surface area (Å²) in [6.07, 6.45) is 2.24. The van der Waals surface area contributed by atoms with Crippen molar-refractivity contribution in [2.24, 2.45) is 0 Å². The SMILES string of the molecule is COCCOc1ccc(NC(=O)c2cc(C3CC3)nc3c2c(C)nn3C(C)(C)C)cc1. The second-order valence-electron chi connectivity index (χ2n) is 9.06. The van der Waals surface area contributed by atoms with Gasteiger partial charge in [0, 0.05) is 24.4 Å². The summed E-state index contributed by atoms with van der Waals surface area (Å²) < 4.78 is 12.5. The van der Waals surface area contributed by atoms with Crippen molar-refractivity contribution in [3.63, 3.8) is 0 Å². The third-order valence-corrected chi connectivity index (χ3v) is 5.38. The fourth-order valence-electron chi connectivity index (χ4n) is 3.62. The summed E-state index contributed by atoms with van der Waals surface area (Å²) in [5.74, 6) is 1.02. The van der Waals surface area contributed by atoms with Crippen molar-refractivity contribution < 1.29 is 14.3 Å². The van der Waals surface area contributed by atoms with Crippen molar-refractivity contribution in [2.75, 3.05) is 25.6 Å². The molecular weight excluding hydrogens is 392 g/mol. The van der Waals surface area contributed by atoms with Crippen molar-refractivity contribution in [1.82, 2.24) is 14.8 Å². The van der Waals surface area contributed by atoms with E-state index >= 15 is 0 Å². The van der Waals surface area contributed by atoms with E-state index in [1.165, 1.54) is 0 Å². The Morgan fingerprint density at radius 3 is 2.52 bits per heavy atom. The maximum atomic E-state index is 13.3. The molecule has 1 amide bonds. The van der Waals surface area contributed by atoms with E-state index in [9.17, 15) is 4.79 Å². The molecule has 0 atom stereocenters. The van der Waals surface area contributed by atoms with Gasteiger partial charge in [-0.15, -0.1) is 0 Å². The van der Waals surface area contributed by atoms with Crippen molar-refractivity contribution >= 4 is 22.6 Å². The maximum absolute atomic E-state index is 13.3. The number of carbonyl (C=O) groups excluding carboxylic acids is 1. The average molecular weight is 423 g/mol. The summed E-state index contributed by atoms with van der Waals surface area (Å²) in [5, 5.41) is 8.57. The van der Waals surface area contributed by atoms with E-state index in [4.69, 9.17) is 19.6 Å². The fourth-order valence-corrected chi connectivity index (χ4v) is 3.62. The molecule has 1 saturated carbocycles. The second-order valence-corrected chi connectivity index (χ2v) is 9.06. The smallest absolute Gasteiger partial charge is 0.256 e. The predicted octanol–water partition coefficient (Wildman–Crippen LogP) is 4.65. The molecule has 2 heterocycles. The lowest BCUT2D eigenvalue weighted by molar-refractivity contribution is 0.102. The number of benzene rings is 1. The highest BCUT2D eigenvalue weighted by atomic mass is 16.5. The number of carbonyl (C=O) groups is 1. The predicted molar refractivity (Wildman–Crippen MR) is 121 cm³/mol. The van der Waals surface area contributed by atoms with Crippen LogP contribution in [0, 0.1) is 6.92 Å². The molecule has 0 saturated heterocycles. The highest BCUT2D eigenvalue weighted by molar-refractivity contribution is 6.12. The summed E-state index contributed by atoms with van der Waals surface area (Å²) >= 11 is 0. The molecule has 7 heteroatoms. The Morgan fingerprint density at radius 1 is 1.19 bits per heavy atom. The number of rotatable bonds is 7. The minimum Gasteiger partial charge on any atom is -0.491 e. The molecule has 3 aromatic rings. The molecule has 0 bridgehead atoms. The van der Waals surface area contributed by atoms with Gasteiger partial charge in [-0.3, -0.25) is 4.79 Å². The number of amides is 1. The Labute approximate surface area is 182 Å². The first-order valence-corrected chi connectivity index (χ1v) is 10.7. The molecule has 0 aliphatic heterocycles. The zero-order valence-corrected chi connectivity index (χ0v) is 18.9. The van der Waals surface area contributed by atoms with Crippen LogP contribution in [0.25, 0.3) is 11.0 Å². The van der Waals surface area contributed by atoms with Gasteiger partial charge in [0.1, 0.15) is 12.4 Å². The van der Waals surface area contributed by atoms with Gasteiger partial charge in [-0.2, -0.15) is 5.10 Å². The number of methoxy groups -OCH3 is 1. The standard InChI is InChI=1S/C24H30N4O3/c1-15-21-19(23(29)25-17-8-10-18(11-9-17)31-13-12-30-5)14-20(16-6-7-16)26-22(21)28(27-15)24(2,3)4/h8-11,14,16H,6-7,12-13H2,1-5H3,(H,25,29). The fraction of sp³-hybridized carbons (Fsp3) is 0.458. The molecule has 1 aliphatic rings. The van der Waals surface area contributed by atoms with Crippen LogP contribution < -0.4 is 10.1 Å². The summed E-state index contributed by atoms with van der Waals surface area (Å²) in [4.78, 5) is 18.2. The Balaban J connectivity index is 1.65. The van der Waals surface area contributed by atoms with Gasteiger partial charge in [0.15, 0.2) is 5.65 Å². The first-order chi connectivity index (χ1) is 14.8. The Kier molecular flexibility index (Phi) is 5.71. The molecule has 31 heavy (non-hydrogen) atoms. The topological polar surface area (TPSA) is 78.3 Å². The summed E-state index contributed by atoms with van der Waals surface area (Å²) in [5.41, 5.74) is 3.68. The zero-order chi connectivity index (χ0) is 22.2. The maximum Gasteiger partial charge on any atom is 0.256 e. The van der Waals surface area contributed by atoms with Crippen LogP contribution in [0.15, 0.2) is 30.3 Å². The summed E-state index contributed by atoms with van der Waals surface area (Å²) in [7, 11) is 1.64. The molecule has 1 aromatic carbocycles. The number of anilines is 1. The number of pyridine rings is 1. The van der Waals surface area contributed by atoms with Gasteiger partial charge in [-0.25, -0.2) is 9.67 Å². The number of hydrogen-bond acceptors (Lipinski definition) is 5. The van der Waals surface area contributed by atoms with Gasteiger partial charge in [-0.1, -0.05) is 0 Å². The lowest BCUT2D eigenvalue weighted by Gasteiger charge is -2.20. The van der Waals surface area contributed by atoms with E-state index in [-0.39, 0.29) is 11.4 Å². The number of nitrogens with zero attached hydrogens (tertiary/aromatic N) is 3. The van der Waals surface area contributed by atoms with Gasteiger partial charge in [0.2, 0.25) is 0 Å². The molecule has 164 valence electrons. The lowest BCUT2D eigenvalue weighted by atomic mass is 10.1. The van der Waals surface area contributed by atoms with Gasteiger partial charge in [0.25, 0.3) is 5.91 Å². The van der Waals surface area contributed by atoms with E-state index in [0.29, 0.717) is 30.4 Å². The molecule has 1 fully saturated rings. The van der Waals surface area contributed by atoms with Crippen LogP contribution in [0.5, 0.6) is 5.75 Å². The zero-order valence-electron chi connectivity index (χ0n) is 18.9. The number of ether oxygens (including phenoxy) is 2. The lowest BCUT2D eigenvalue weighted by Crippen LogP contribution is -2.23. The van der Waals surface area contributed by atoms with Crippen molar-refractivity contribution in [2.45, 2.75) is 52.0 Å². The minimum atomic E-state index is -0.228. The molecule has 4 rings (SSSR count). The van der Waals surface area contributed by atoms with Gasteiger partial charge < -0.3 is 14.8 Å². The van der Waals surface area contributed by atoms with Crippen LogP contribution in [-0.4, -0.2) is 41.0 Å². The molecule has 0 spiro atoms. The van der Waals surface area contributed by atoms with Crippen molar-refractivity contribution in [3.8, 4) is 5.75 Å². The number of aromatic nitrogens is 3. The van der Waals surface area contributed by atoms with Crippen LogP contribution in [0.4, 0.5) is 5.69 Å². The van der Waals surface area contributed by atoms with Crippen molar-refractivity contribution in [3.05, 3.63) is 47.3 Å². The number of aryl methyl sites for hydroxylation is 1. The average Bonchev–Trinajstić information content (AvgIpc) is 3.52. The van der Waals surface area contributed by atoms with Gasteiger partial charge in [0.05, 0.1) is 28.8 Å². The monoisotopic (exact) mass is 422 g/mol. The van der Waals surface area contributed by atoms with Gasteiger partial charge >= 0.3 is 0 Å². The third-order valence-electron chi connectivity index (χ3n) is 5.38. The van der Waals surface area contributed by atoms with Crippen LogP contribution in [0.2, 0.25) is 0 Å². The van der Waals surface area contributed by atoms with Crippen molar-refractivity contribution in [1.29, 1.82) is 0 Å². The highest BCUT2D eigenvalue weighted by Crippen LogP contribution is 2.41. The van der Waals surface area contributed by atoms with E-state index in [1.54, 1.807) is 7.11 Å². The van der Waals surface area contributed by atoms with E-state index in [0.717, 1.165) is 41.0 Å². The quantitative estimate of drug-likeness (QED) is 0.561. The largest absolute Gasteiger partial charge is 0.491 e. The molecule has 2 aromatic heterocycles. The first kappa shape index (κ1) is 21.3. The molecular formula is C24H30N4O3. The highest BCUT2D eigenvalue weighted by Gasteiger charge is 2.30. The van der Waals surface area contributed by atoms with E-state index in [2.05, 4.69) is 26.1 Å². The number of hydrogen-bond donors (Lipinski definition) is 1.